The summed E-state index contributed by atoms with van der Waals surface area (Å²) in [5.74, 6) is -0.238. The minimum absolute atomic E-state index is 0.0936. The van der Waals surface area contributed by atoms with Gasteiger partial charge in [0.2, 0.25) is 10.0 Å². The molecule has 0 atom stereocenters. The van der Waals surface area contributed by atoms with Gasteiger partial charge in [0.1, 0.15) is 0 Å². The van der Waals surface area contributed by atoms with E-state index in [4.69, 9.17) is 0 Å². The molecule has 0 spiro atoms. The number of nitro benzene ring substituents is 1. The predicted octanol–water partition coefficient (Wildman–Crippen LogP) is 2.28. The zero-order valence-corrected chi connectivity index (χ0v) is 14.6. The molecule has 0 amide bonds. The van der Waals surface area contributed by atoms with Gasteiger partial charge >= 0.3 is 0 Å². The van der Waals surface area contributed by atoms with Gasteiger partial charge in [-0.05, 0) is 44.5 Å². The van der Waals surface area contributed by atoms with E-state index in [2.05, 4.69) is 9.62 Å². The Morgan fingerprint density at radius 2 is 1.88 bits per heavy atom. The second-order valence-electron chi connectivity index (χ2n) is 6.19. The molecule has 24 heavy (non-hydrogen) atoms. The summed E-state index contributed by atoms with van der Waals surface area (Å²) in [6.07, 6.45) is 5.78. The van der Waals surface area contributed by atoms with Crippen LogP contribution in [0.15, 0.2) is 24.3 Å². The highest BCUT2D eigenvalue weighted by atomic mass is 32.2. The average molecular weight is 355 g/mol. The number of nitrogens with zero attached hydrogens (tertiary/aromatic N) is 2. The van der Waals surface area contributed by atoms with E-state index in [9.17, 15) is 18.5 Å². The molecule has 0 bridgehead atoms. The van der Waals surface area contributed by atoms with Crippen molar-refractivity contribution in [1.82, 2.24) is 9.62 Å². The first-order chi connectivity index (χ1) is 11.5. The van der Waals surface area contributed by atoms with Crippen molar-refractivity contribution < 1.29 is 13.3 Å². The van der Waals surface area contributed by atoms with Crippen molar-refractivity contribution in [2.24, 2.45) is 0 Å². The highest BCUT2D eigenvalue weighted by Gasteiger charge is 2.14. The Labute approximate surface area is 143 Å². The zero-order valence-electron chi connectivity index (χ0n) is 13.8. The van der Waals surface area contributed by atoms with Crippen LogP contribution in [-0.2, 0) is 15.8 Å². The van der Waals surface area contributed by atoms with Crippen LogP contribution in [-0.4, -0.2) is 44.4 Å². The normalized spacial score (nSPS) is 16.7. The van der Waals surface area contributed by atoms with Gasteiger partial charge in [-0.3, -0.25) is 10.1 Å². The molecule has 1 heterocycles. The summed E-state index contributed by atoms with van der Waals surface area (Å²) < 4.78 is 26.8. The SMILES string of the molecule is O=[N+]([O-])c1cccc(CS(=O)(=O)NCCCN2CCCCCC2)c1. The topological polar surface area (TPSA) is 92.5 Å². The molecule has 134 valence electrons. The van der Waals surface area contributed by atoms with Crippen LogP contribution in [0.2, 0.25) is 0 Å². The molecule has 1 aliphatic rings. The maximum atomic E-state index is 12.1. The van der Waals surface area contributed by atoms with E-state index < -0.39 is 14.9 Å². The molecule has 0 radical (unpaired) electrons. The Morgan fingerprint density at radius 3 is 2.54 bits per heavy atom. The average Bonchev–Trinajstić information content (AvgIpc) is 2.80. The van der Waals surface area contributed by atoms with Gasteiger partial charge in [0.25, 0.3) is 5.69 Å². The van der Waals surface area contributed by atoms with Gasteiger partial charge < -0.3 is 4.90 Å². The molecule has 0 aliphatic carbocycles. The second-order valence-corrected chi connectivity index (χ2v) is 8.00. The van der Waals surface area contributed by atoms with Crippen molar-refractivity contribution in [1.29, 1.82) is 0 Å². The quantitative estimate of drug-likeness (QED) is 0.439. The van der Waals surface area contributed by atoms with Crippen LogP contribution in [0, 0.1) is 10.1 Å². The molecule has 1 aromatic carbocycles. The summed E-state index contributed by atoms with van der Waals surface area (Å²) in [6, 6.07) is 5.74. The lowest BCUT2D eigenvalue weighted by atomic mass is 10.2. The second kappa shape index (κ2) is 9.10. The van der Waals surface area contributed by atoms with Gasteiger partial charge in [0.05, 0.1) is 10.7 Å². The Kier molecular flexibility index (Phi) is 7.14. The first-order valence-electron chi connectivity index (χ1n) is 8.39. The molecule has 1 fully saturated rings. The highest BCUT2D eigenvalue weighted by molar-refractivity contribution is 7.88. The molecule has 2 rings (SSSR count). The lowest BCUT2D eigenvalue weighted by Gasteiger charge is -2.19. The molecule has 0 saturated carbocycles. The van der Waals surface area contributed by atoms with Gasteiger partial charge in [-0.15, -0.1) is 0 Å². The molecule has 1 saturated heterocycles. The number of sulfonamides is 1. The summed E-state index contributed by atoms with van der Waals surface area (Å²) in [5, 5.41) is 10.7. The fourth-order valence-corrected chi connectivity index (χ4v) is 4.10. The maximum absolute atomic E-state index is 12.1. The van der Waals surface area contributed by atoms with Crippen molar-refractivity contribution >= 4 is 15.7 Å². The van der Waals surface area contributed by atoms with Crippen molar-refractivity contribution in [3.05, 3.63) is 39.9 Å². The molecular weight excluding hydrogens is 330 g/mol. The number of hydrogen-bond acceptors (Lipinski definition) is 5. The van der Waals surface area contributed by atoms with Crippen molar-refractivity contribution in [2.75, 3.05) is 26.2 Å². The number of rotatable bonds is 8. The number of non-ortho nitro benzene ring substituents is 1. The van der Waals surface area contributed by atoms with E-state index in [-0.39, 0.29) is 11.4 Å². The molecule has 1 aromatic rings. The van der Waals surface area contributed by atoms with Crippen LogP contribution in [0.3, 0.4) is 0 Å². The van der Waals surface area contributed by atoms with Crippen LogP contribution in [0.1, 0.15) is 37.7 Å². The van der Waals surface area contributed by atoms with E-state index in [1.165, 1.54) is 43.9 Å². The van der Waals surface area contributed by atoms with Crippen molar-refractivity contribution in [3.8, 4) is 0 Å². The van der Waals surface area contributed by atoms with Crippen LogP contribution < -0.4 is 4.72 Å². The molecule has 8 heteroatoms. The van der Waals surface area contributed by atoms with E-state index >= 15 is 0 Å². The van der Waals surface area contributed by atoms with Gasteiger partial charge in [-0.25, -0.2) is 13.1 Å². The van der Waals surface area contributed by atoms with Gasteiger partial charge in [0, 0.05) is 18.7 Å². The first-order valence-corrected chi connectivity index (χ1v) is 10.0. The Hall–Kier alpha value is -1.51. The van der Waals surface area contributed by atoms with E-state index in [1.54, 1.807) is 6.07 Å². The van der Waals surface area contributed by atoms with Crippen LogP contribution >= 0.6 is 0 Å². The minimum atomic E-state index is -3.48. The third kappa shape index (κ3) is 6.54. The third-order valence-corrected chi connectivity index (χ3v) is 5.51. The largest absolute Gasteiger partial charge is 0.303 e. The van der Waals surface area contributed by atoms with Crippen molar-refractivity contribution in [2.45, 2.75) is 37.9 Å². The summed E-state index contributed by atoms with van der Waals surface area (Å²) in [7, 11) is -3.48. The highest BCUT2D eigenvalue weighted by Crippen LogP contribution is 2.15. The standard InChI is InChI=1S/C16H25N3O4S/c20-19(21)16-8-5-7-15(13-16)14-24(22,23)17-9-6-12-18-10-3-1-2-4-11-18/h5,7-8,13,17H,1-4,6,9-12,14H2. The number of likely N-dealkylation sites (tertiary alicyclic amines) is 1. The lowest BCUT2D eigenvalue weighted by Crippen LogP contribution is -2.31. The summed E-state index contributed by atoms with van der Waals surface area (Å²) in [4.78, 5) is 12.6. The minimum Gasteiger partial charge on any atom is -0.303 e. The van der Waals surface area contributed by atoms with E-state index in [1.807, 2.05) is 0 Å². The van der Waals surface area contributed by atoms with Crippen LogP contribution in [0.25, 0.3) is 0 Å². The number of nitro groups is 1. The molecular formula is C16H25N3O4S. The number of nitrogens with one attached hydrogen (secondary N) is 1. The summed E-state index contributed by atoms with van der Waals surface area (Å²) >= 11 is 0. The van der Waals surface area contributed by atoms with E-state index in [0.29, 0.717) is 12.1 Å². The first kappa shape index (κ1) is 18.8. The Balaban J connectivity index is 1.76. The predicted molar refractivity (Wildman–Crippen MR) is 93.2 cm³/mol. The van der Waals surface area contributed by atoms with Crippen molar-refractivity contribution in [3.63, 3.8) is 0 Å². The van der Waals surface area contributed by atoms with Gasteiger partial charge in [-0.2, -0.15) is 0 Å². The molecule has 0 aromatic heterocycles. The monoisotopic (exact) mass is 355 g/mol. The molecule has 1 aliphatic heterocycles. The molecule has 0 unspecified atom stereocenters. The van der Waals surface area contributed by atoms with Crippen LogP contribution in [0.5, 0.6) is 0 Å². The number of hydrogen-bond donors (Lipinski definition) is 1. The third-order valence-electron chi connectivity index (χ3n) is 4.15. The summed E-state index contributed by atoms with van der Waals surface area (Å²) in [5.41, 5.74) is 0.327. The fraction of sp³-hybridized carbons (Fsp3) is 0.625. The number of benzene rings is 1. The maximum Gasteiger partial charge on any atom is 0.269 e. The molecule has 1 N–H and O–H groups in total. The zero-order chi connectivity index (χ0) is 17.4. The van der Waals surface area contributed by atoms with Gasteiger partial charge in [-0.1, -0.05) is 25.0 Å². The Morgan fingerprint density at radius 1 is 1.17 bits per heavy atom. The van der Waals surface area contributed by atoms with Crippen LogP contribution in [0.4, 0.5) is 5.69 Å². The fourth-order valence-electron chi connectivity index (χ4n) is 2.92. The van der Waals surface area contributed by atoms with Gasteiger partial charge in [0.15, 0.2) is 0 Å². The lowest BCUT2D eigenvalue weighted by molar-refractivity contribution is -0.384. The summed E-state index contributed by atoms with van der Waals surface area (Å²) in [6.45, 7) is 3.49. The van der Waals surface area contributed by atoms with E-state index in [0.717, 1.165) is 26.1 Å². The smallest absolute Gasteiger partial charge is 0.269 e. The molecule has 7 nitrogen and oxygen atoms in total. The Bertz CT molecular complexity index is 640.